The lowest BCUT2D eigenvalue weighted by atomic mass is 9.86. The lowest BCUT2D eigenvalue weighted by Gasteiger charge is -2.29. The van der Waals surface area contributed by atoms with Gasteiger partial charge in [-0.25, -0.2) is 9.37 Å². The van der Waals surface area contributed by atoms with E-state index >= 15 is 0 Å². The van der Waals surface area contributed by atoms with Gasteiger partial charge in [0.15, 0.2) is 0 Å². The van der Waals surface area contributed by atoms with E-state index in [-0.39, 0.29) is 18.5 Å². The van der Waals surface area contributed by atoms with Gasteiger partial charge in [-0.2, -0.15) is 18.2 Å². The predicted octanol–water partition coefficient (Wildman–Crippen LogP) is 5.25. The summed E-state index contributed by atoms with van der Waals surface area (Å²) in [4.78, 5) is 23.6. The van der Waals surface area contributed by atoms with Crippen molar-refractivity contribution in [1.82, 2.24) is 15.3 Å². The van der Waals surface area contributed by atoms with Crippen LogP contribution in [0.1, 0.15) is 41.6 Å². The van der Waals surface area contributed by atoms with Gasteiger partial charge in [-0.15, -0.1) is 0 Å². The normalized spacial score (nSPS) is 18.3. The molecule has 0 bridgehead atoms. The third-order valence-corrected chi connectivity index (χ3v) is 6.27. The summed E-state index contributed by atoms with van der Waals surface area (Å²) in [6, 6.07) is 9.88. The van der Waals surface area contributed by atoms with Crippen LogP contribution >= 0.6 is 0 Å². The SMILES string of the molecule is CN(C)c1nc(N[C@H]2CC[C@@H](CNC(=O)c3cc(F)ccc3C(F)(F)F)CC2)nc2ccccc12. The van der Waals surface area contributed by atoms with Crippen LogP contribution in [0.2, 0.25) is 0 Å². The van der Waals surface area contributed by atoms with Gasteiger partial charge >= 0.3 is 6.18 Å². The Morgan fingerprint density at radius 2 is 1.77 bits per heavy atom. The molecular weight excluding hydrogens is 462 g/mol. The molecule has 1 aliphatic carbocycles. The molecule has 1 saturated carbocycles. The van der Waals surface area contributed by atoms with E-state index in [4.69, 9.17) is 0 Å². The number of anilines is 2. The first-order valence-electron chi connectivity index (χ1n) is 11.5. The highest BCUT2D eigenvalue weighted by atomic mass is 19.4. The second-order valence-electron chi connectivity index (χ2n) is 9.04. The monoisotopic (exact) mass is 489 g/mol. The molecule has 1 aliphatic rings. The maximum Gasteiger partial charge on any atom is 0.417 e. The molecule has 0 radical (unpaired) electrons. The van der Waals surface area contributed by atoms with Crippen molar-refractivity contribution in [3.8, 4) is 0 Å². The molecule has 0 spiro atoms. The van der Waals surface area contributed by atoms with Gasteiger partial charge in [-0.1, -0.05) is 12.1 Å². The van der Waals surface area contributed by atoms with Gasteiger partial charge in [0.25, 0.3) is 5.91 Å². The number of alkyl halides is 3. The zero-order valence-corrected chi connectivity index (χ0v) is 19.5. The number of nitrogens with zero attached hydrogens (tertiary/aromatic N) is 3. The zero-order chi connectivity index (χ0) is 25.2. The van der Waals surface area contributed by atoms with Gasteiger partial charge in [-0.05, 0) is 61.9 Å². The summed E-state index contributed by atoms with van der Waals surface area (Å²) in [6.45, 7) is 0.233. The van der Waals surface area contributed by atoms with Crippen LogP contribution in [0.5, 0.6) is 0 Å². The smallest absolute Gasteiger partial charge is 0.362 e. The number of para-hydroxylation sites is 1. The Morgan fingerprint density at radius 3 is 2.46 bits per heavy atom. The number of hydrogen-bond donors (Lipinski definition) is 2. The molecule has 2 aromatic carbocycles. The molecule has 1 aromatic heterocycles. The van der Waals surface area contributed by atoms with Crippen molar-refractivity contribution < 1.29 is 22.4 Å². The summed E-state index contributed by atoms with van der Waals surface area (Å²) in [5.74, 6) is -0.310. The average molecular weight is 490 g/mol. The lowest BCUT2D eigenvalue weighted by molar-refractivity contribution is -0.138. The molecule has 0 atom stereocenters. The highest BCUT2D eigenvalue weighted by Gasteiger charge is 2.35. The summed E-state index contributed by atoms with van der Waals surface area (Å²) >= 11 is 0. The van der Waals surface area contributed by atoms with Crippen LogP contribution < -0.4 is 15.5 Å². The molecule has 2 N–H and O–H groups in total. The Morgan fingerprint density at radius 1 is 1.06 bits per heavy atom. The predicted molar refractivity (Wildman–Crippen MR) is 127 cm³/mol. The molecule has 1 fully saturated rings. The van der Waals surface area contributed by atoms with E-state index in [0.717, 1.165) is 42.4 Å². The van der Waals surface area contributed by atoms with Gasteiger partial charge in [0.05, 0.1) is 16.6 Å². The number of halogens is 4. The van der Waals surface area contributed by atoms with Crippen molar-refractivity contribution in [2.24, 2.45) is 5.92 Å². The van der Waals surface area contributed by atoms with E-state index < -0.39 is 29.0 Å². The van der Waals surface area contributed by atoms with E-state index in [1.807, 2.05) is 43.3 Å². The van der Waals surface area contributed by atoms with Crippen LogP contribution in [0.25, 0.3) is 10.9 Å². The minimum atomic E-state index is -4.73. The van der Waals surface area contributed by atoms with Crippen LogP contribution in [-0.2, 0) is 6.18 Å². The second kappa shape index (κ2) is 10.1. The average Bonchev–Trinajstić information content (AvgIpc) is 2.82. The summed E-state index contributed by atoms with van der Waals surface area (Å²) in [5.41, 5.74) is -0.990. The van der Waals surface area contributed by atoms with Gasteiger partial charge in [-0.3, -0.25) is 4.79 Å². The quantitative estimate of drug-likeness (QED) is 0.463. The zero-order valence-electron chi connectivity index (χ0n) is 19.5. The maximum absolute atomic E-state index is 13.5. The standard InChI is InChI=1S/C25H27F4N5O/c1-34(2)22-18-5-3-4-6-21(18)32-24(33-22)31-17-10-7-15(8-11-17)14-30-23(35)19-13-16(26)9-12-20(19)25(27,28)29/h3-6,9,12-13,15,17H,7-8,10-11,14H2,1-2H3,(H,30,35)(H,31,32,33)/t15-,17+. The number of carbonyl (C=O) groups excluding carboxylic acids is 1. The minimum absolute atomic E-state index is 0.120. The van der Waals surface area contributed by atoms with Gasteiger partial charge in [0.2, 0.25) is 5.95 Å². The fourth-order valence-corrected chi connectivity index (χ4v) is 4.44. The number of nitrogens with one attached hydrogen (secondary N) is 2. The first-order chi connectivity index (χ1) is 16.6. The summed E-state index contributed by atoms with van der Waals surface area (Å²) < 4.78 is 53.1. The van der Waals surface area contributed by atoms with Gasteiger partial charge in [0.1, 0.15) is 11.6 Å². The summed E-state index contributed by atoms with van der Waals surface area (Å²) in [7, 11) is 3.86. The van der Waals surface area contributed by atoms with Crippen molar-refractivity contribution >= 4 is 28.6 Å². The van der Waals surface area contributed by atoms with Crippen LogP contribution in [-0.4, -0.2) is 42.6 Å². The van der Waals surface area contributed by atoms with Crippen LogP contribution in [0.15, 0.2) is 42.5 Å². The third-order valence-electron chi connectivity index (χ3n) is 6.27. The lowest BCUT2D eigenvalue weighted by Crippen LogP contribution is -2.35. The molecule has 1 heterocycles. The van der Waals surface area contributed by atoms with Crippen LogP contribution in [0.3, 0.4) is 0 Å². The number of fused-ring (bicyclic) bond motifs is 1. The Bertz CT molecular complexity index is 1210. The number of aromatic nitrogens is 2. The van der Waals surface area contributed by atoms with Crippen molar-refractivity contribution in [2.75, 3.05) is 30.9 Å². The molecule has 0 saturated heterocycles. The Hall–Kier alpha value is -3.43. The third kappa shape index (κ3) is 5.80. The molecule has 186 valence electrons. The first kappa shape index (κ1) is 24.7. The van der Waals surface area contributed by atoms with E-state index in [2.05, 4.69) is 20.6 Å². The van der Waals surface area contributed by atoms with Crippen molar-refractivity contribution in [3.63, 3.8) is 0 Å². The highest BCUT2D eigenvalue weighted by Crippen LogP contribution is 2.33. The summed E-state index contributed by atoms with van der Waals surface area (Å²) in [6.07, 6.45) is -1.56. The summed E-state index contributed by atoms with van der Waals surface area (Å²) in [5, 5.41) is 6.93. The topological polar surface area (TPSA) is 70.2 Å². The Kier molecular flexibility index (Phi) is 7.09. The largest absolute Gasteiger partial charge is 0.417 e. The molecular formula is C25H27F4N5O. The number of rotatable bonds is 6. The number of benzene rings is 2. The molecule has 0 aliphatic heterocycles. The number of hydrogen-bond acceptors (Lipinski definition) is 5. The number of amides is 1. The van der Waals surface area contributed by atoms with Gasteiger partial charge < -0.3 is 15.5 Å². The second-order valence-corrected chi connectivity index (χ2v) is 9.04. The first-order valence-corrected chi connectivity index (χ1v) is 11.5. The Balaban J connectivity index is 1.34. The molecule has 6 nitrogen and oxygen atoms in total. The Labute approximate surface area is 200 Å². The highest BCUT2D eigenvalue weighted by molar-refractivity contribution is 5.96. The molecule has 0 unspecified atom stereocenters. The fourth-order valence-electron chi connectivity index (χ4n) is 4.44. The van der Waals surface area contributed by atoms with E-state index in [1.54, 1.807) is 0 Å². The van der Waals surface area contributed by atoms with E-state index in [1.165, 1.54) is 0 Å². The van der Waals surface area contributed by atoms with Gasteiger partial charge in [0, 0.05) is 32.1 Å². The van der Waals surface area contributed by atoms with Crippen LogP contribution in [0.4, 0.5) is 29.3 Å². The molecule has 4 rings (SSSR count). The van der Waals surface area contributed by atoms with E-state index in [0.29, 0.717) is 24.1 Å². The van der Waals surface area contributed by atoms with Crippen molar-refractivity contribution in [3.05, 3.63) is 59.4 Å². The molecule has 1 amide bonds. The van der Waals surface area contributed by atoms with Crippen LogP contribution in [0, 0.1) is 11.7 Å². The maximum atomic E-state index is 13.5. The molecule has 10 heteroatoms. The number of carbonyl (C=O) groups is 1. The van der Waals surface area contributed by atoms with Crippen molar-refractivity contribution in [2.45, 2.75) is 37.9 Å². The molecule has 35 heavy (non-hydrogen) atoms. The van der Waals surface area contributed by atoms with Crippen molar-refractivity contribution in [1.29, 1.82) is 0 Å². The fraction of sp³-hybridized carbons (Fsp3) is 0.400. The minimum Gasteiger partial charge on any atom is -0.362 e. The molecule has 3 aromatic rings. The van der Waals surface area contributed by atoms with E-state index in [9.17, 15) is 22.4 Å².